The number of nitrogens with zero attached hydrogens (tertiary/aromatic N) is 1. The zero-order valence-corrected chi connectivity index (χ0v) is 11.3. The molecule has 0 aromatic heterocycles. The van der Waals surface area contributed by atoms with Crippen LogP contribution in [0.2, 0.25) is 0 Å². The van der Waals surface area contributed by atoms with E-state index in [0.29, 0.717) is 6.04 Å². The molecule has 0 amide bonds. The van der Waals surface area contributed by atoms with Gasteiger partial charge in [0.25, 0.3) is 0 Å². The number of hydrogen-bond donors (Lipinski definition) is 1. The number of rotatable bonds is 7. The smallest absolute Gasteiger partial charge is 0.0475 e. The molecule has 0 spiro atoms. The molecule has 0 bridgehead atoms. The van der Waals surface area contributed by atoms with Gasteiger partial charge in [0.05, 0.1) is 0 Å². The monoisotopic (exact) mass is 244 g/mol. The van der Waals surface area contributed by atoms with Gasteiger partial charge in [0.1, 0.15) is 0 Å². The van der Waals surface area contributed by atoms with Crippen molar-refractivity contribution in [3.05, 3.63) is 35.9 Å². The largest absolute Gasteiger partial charge is 0.318 e. The zero-order chi connectivity index (χ0) is 12.4. The van der Waals surface area contributed by atoms with Crippen molar-refractivity contribution in [1.82, 2.24) is 10.2 Å². The molecule has 1 aromatic rings. The molecular formula is C16H24N2. The first-order chi connectivity index (χ1) is 8.88. The Labute approximate surface area is 110 Å². The van der Waals surface area contributed by atoms with Crippen molar-refractivity contribution in [2.75, 3.05) is 20.1 Å². The minimum Gasteiger partial charge on any atom is -0.318 e. The van der Waals surface area contributed by atoms with Crippen molar-refractivity contribution in [3.8, 4) is 0 Å². The van der Waals surface area contributed by atoms with Crippen LogP contribution < -0.4 is 5.32 Å². The molecule has 2 aliphatic rings. The molecule has 0 radical (unpaired) electrons. The van der Waals surface area contributed by atoms with Gasteiger partial charge in [0.2, 0.25) is 0 Å². The Morgan fingerprint density at radius 1 is 1.17 bits per heavy atom. The Morgan fingerprint density at radius 2 is 1.89 bits per heavy atom. The maximum absolute atomic E-state index is 3.38. The predicted octanol–water partition coefficient (Wildman–Crippen LogP) is 2.82. The van der Waals surface area contributed by atoms with E-state index in [9.17, 15) is 0 Å². The molecule has 2 fully saturated rings. The van der Waals surface area contributed by atoms with Gasteiger partial charge in [-0.3, -0.25) is 4.90 Å². The molecule has 3 rings (SSSR count). The summed E-state index contributed by atoms with van der Waals surface area (Å²) in [6.07, 6.45) is 5.70. The normalized spacial score (nSPS) is 21.2. The molecule has 18 heavy (non-hydrogen) atoms. The number of nitrogens with one attached hydrogen (secondary N) is 1. The van der Waals surface area contributed by atoms with Crippen molar-refractivity contribution >= 4 is 0 Å². The van der Waals surface area contributed by atoms with Crippen molar-refractivity contribution in [3.63, 3.8) is 0 Å². The van der Waals surface area contributed by atoms with Gasteiger partial charge >= 0.3 is 0 Å². The number of likely N-dealkylation sites (N-methyl/N-ethyl adjacent to an activating group) is 1. The van der Waals surface area contributed by atoms with Crippen LogP contribution in [0.4, 0.5) is 0 Å². The van der Waals surface area contributed by atoms with Gasteiger partial charge in [-0.15, -0.1) is 0 Å². The van der Waals surface area contributed by atoms with Crippen LogP contribution in [0, 0.1) is 5.92 Å². The highest BCUT2D eigenvalue weighted by Gasteiger charge is 2.37. The van der Waals surface area contributed by atoms with E-state index in [2.05, 4.69) is 47.6 Å². The van der Waals surface area contributed by atoms with E-state index in [1.807, 2.05) is 0 Å². The van der Waals surface area contributed by atoms with E-state index in [4.69, 9.17) is 0 Å². The van der Waals surface area contributed by atoms with Crippen LogP contribution in [0.15, 0.2) is 30.3 Å². The van der Waals surface area contributed by atoms with E-state index in [-0.39, 0.29) is 0 Å². The topological polar surface area (TPSA) is 15.3 Å². The van der Waals surface area contributed by atoms with Gasteiger partial charge in [-0.25, -0.2) is 0 Å². The molecule has 1 aromatic carbocycles. The van der Waals surface area contributed by atoms with Crippen molar-refractivity contribution in [2.45, 2.75) is 37.8 Å². The van der Waals surface area contributed by atoms with E-state index < -0.39 is 0 Å². The molecule has 1 atom stereocenters. The summed E-state index contributed by atoms with van der Waals surface area (Å²) < 4.78 is 0. The Morgan fingerprint density at radius 3 is 2.44 bits per heavy atom. The van der Waals surface area contributed by atoms with Gasteiger partial charge in [0, 0.05) is 25.2 Å². The fourth-order valence-corrected chi connectivity index (χ4v) is 2.83. The average molecular weight is 244 g/mol. The maximum Gasteiger partial charge on any atom is 0.0475 e. The summed E-state index contributed by atoms with van der Waals surface area (Å²) in [6.45, 7) is 2.37. The van der Waals surface area contributed by atoms with Crippen LogP contribution >= 0.6 is 0 Å². The fourth-order valence-electron chi connectivity index (χ4n) is 2.83. The highest BCUT2D eigenvalue weighted by molar-refractivity contribution is 5.20. The molecule has 2 heteroatoms. The first kappa shape index (κ1) is 12.2. The summed E-state index contributed by atoms with van der Waals surface area (Å²) in [7, 11) is 2.07. The second-order valence-electron chi connectivity index (χ2n) is 5.86. The summed E-state index contributed by atoms with van der Waals surface area (Å²) in [5, 5.41) is 3.38. The van der Waals surface area contributed by atoms with E-state index in [0.717, 1.165) is 18.5 Å². The lowest BCUT2D eigenvalue weighted by Gasteiger charge is -2.32. The van der Waals surface area contributed by atoms with Gasteiger partial charge in [0.15, 0.2) is 0 Å². The third-order valence-corrected chi connectivity index (χ3v) is 4.16. The molecule has 1 N–H and O–H groups in total. The molecule has 0 heterocycles. The highest BCUT2D eigenvalue weighted by atomic mass is 15.2. The Kier molecular flexibility index (Phi) is 3.67. The van der Waals surface area contributed by atoms with E-state index in [1.54, 1.807) is 0 Å². The summed E-state index contributed by atoms with van der Waals surface area (Å²) in [5.41, 5.74) is 1.47. The van der Waals surface area contributed by atoms with Crippen LogP contribution in [0.5, 0.6) is 0 Å². The maximum atomic E-state index is 3.38. The second kappa shape index (κ2) is 5.41. The SMILES string of the molecule is CNCC(c1ccccc1)N(CC1CC1)C1CC1. The van der Waals surface area contributed by atoms with Gasteiger partial charge < -0.3 is 5.32 Å². The summed E-state index contributed by atoms with van der Waals surface area (Å²) >= 11 is 0. The first-order valence-electron chi connectivity index (χ1n) is 7.34. The van der Waals surface area contributed by atoms with Crippen molar-refractivity contribution in [1.29, 1.82) is 0 Å². The lowest BCUT2D eigenvalue weighted by molar-refractivity contribution is 0.176. The Hall–Kier alpha value is -0.860. The summed E-state index contributed by atoms with van der Waals surface area (Å²) in [5.74, 6) is 0.980. The van der Waals surface area contributed by atoms with Gasteiger partial charge in [-0.2, -0.15) is 0 Å². The first-order valence-corrected chi connectivity index (χ1v) is 7.34. The number of hydrogen-bond acceptors (Lipinski definition) is 2. The Balaban J connectivity index is 1.77. The third-order valence-electron chi connectivity index (χ3n) is 4.16. The molecule has 98 valence electrons. The van der Waals surface area contributed by atoms with E-state index in [1.165, 1.54) is 37.8 Å². The highest BCUT2D eigenvalue weighted by Crippen LogP contribution is 2.39. The summed E-state index contributed by atoms with van der Waals surface area (Å²) in [4.78, 5) is 2.77. The second-order valence-corrected chi connectivity index (χ2v) is 5.86. The minimum absolute atomic E-state index is 0.560. The molecule has 2 saturated carbocycles. The van der Waals surface area contributed by atoms with Crippen LogP contribution in [0.25, 0.3) is 0 Å². The fraction of sp³-hybridized carbons (Fsp3) is 0.625. The third kappa shape index (κ3) is 2.93. The number of benzene rings is 1. The van der Waals surface area contributed by atoms with Gasteiger partial charge in [-0.1, -0.05) is 30.3 Å². The van der Waals surface area contributed by atoms with Crippen molar-refractivity contribution < 1.29 is 0 Å². The summed E-state index contributed by atoms with van der Waals surface area (Å²) in [6, 6.07) is 12.4. The quantitative estimate of drug-likeness (QED) is 0.793. The lowest BCUT2D eigenvalue weighted by atomic mass is 10.0. The van der Waals surface area contributed by atoms with Crippen LogP contribution in [0.3, 0.4) is 0 Å². The molecule has 0 saturated heterocycles. The van der Waals surface area contributed by atoms with Crippen LogP contribution in [-0.4, -0.2) is 31.1 Å². The minimum atomic E-state index is 0.560. The zero-order valence-electron chi connectivity index (χ0n) is 11.3. The molecule has 1 unspecified atom stereocenters. The average Bonchev–Trinajstić information content (AvgIpc) is 3.28. The molecule has 2 nitrogen and oxygen atoms in total. The lowest BCUT2D eigenvalue weighted by Crippen LogP contribution is -2.37. The standard InChI is InChI=1S/C16H24N2/c1-17-11-16(14-5-3-2-4-6-14)18(15-9-10-15)12-13-7-8-13/h2-6,13,15-17H,7-12H2,1H3. The molecule has 2 aliphatic carbocycles. The molecule has 0 aliphatic heterocycles. The molecular weight excluding hydrogens is 220 g/mol. The van der Waals surface area contributed by atoms with E-state index >= 15 is 0 Å². The van der Waals surface area contributed by atoms with Crippen LogP contribution in [-0.2, 0) is 0 Å². The van der Waals surface area contributed by atoms with Gasteiger partial charge in [-0.05, 0) is 44.2 Å². The van der Waals surface area contributed by atoms with Crippen molar-refractivity contribution in [2.24, 2.45) is 5.92 Å². The predicted molar refractivity (Wildman–Crippen MR) is 75.6 cm³/mol. The Bertz CT molecular complexity index is 368. The van der Waals surface area contributed by atoms with Crippen LogP contribution in [0.1, 0.15) is 37.3 Å².